The zero-order valence-corrected chi connectivity index (χ0v) is 10.1. The smallest absolute Gasteiger partial charge is 0.337 e. The molecule has 0 aliphatic carbocycles. The Labute approximate surface area is 103 Å². The lowest BCUT2D eigenvalue weighted by Gasteiger charge is -2.13. The number of aromatic nitrogens is 1. The molecule has 1 atom stereocenters. The molecule has 0 bridgehead atoms. The quantitative estimate of drug-likeness (QED) is 0.748. The molecular formula is C10H12ClN3O3. The first-order chi connectivity index (χ1) is 7.95. The average molecular weight is 258 g/mol. The Morgan fingerprint density at radius 1 is 1.53 bits per heavy atom. The van der Waals surface area contributed by atoms with Crippen molar-refractivity contribution in [2.45, 2.75) is 13.0 Å². The molecule has 0 saturated heterocycles. The van der Waals surface area contributed by atoms with Crippen molar-refractivity contribution in [3.63, 3.8) is 0 Å². The first-order valence-electron chi connectivity index (χ1n) is 4.82. The van der Waals surface area contributed by atoms with Crippen LogP contribution in [0.25, 0.3) is 0 Å². The highest BCUT2D eigenvalue weighted by Crippen LogP contribution is 2.18. The summed E-state index contributed by atoms with van der Waals surface area (Å²) in [7, 11) is 1.51. The molecule has 0 spiro atoms. The second-order valence-electron chi connectivity index (χ2n) is 3.33. The molecule has 17 heavy (non-hydrogen) atoms. The maximum absolute atomic E-state index is 11.3. The molecule has 0 aliphatic rings. The van der Waals surface area contributed by atoms with Crippen LogP contribution in [0.15, 0.2) is 12.3 Å². The third-order valence-electron chi connectivity index (χ3n) is 2.09. The highest BCUT2D eigenvalue weighted by atomic mass is 35.5. The maximum atomic E-state index is 11.3. The number of carbonyl (C=O) groups excluding carboxylic acids is 1. The summed E-state index contributed by atoms with van der Waals surface area (Å²) in [5, 5.41) is 14.1. The number of likely N-dealkylation sites (N-methyl/N-ethyl adjacent to an activating group) is 1. The van der Waals surface area contributed by atoms with Crippen LogP contribution in [0.3, 0.4) is 0 Å². The van der Waals surface area contributed by atoms with Crippen LogP contribution in [0.2, 0.25) is 5.02 Å². The van der Waals surface area contributed by atoms with Gasteiger partial charge in [0.05, 0.1) is 10.6 Å². The zero-order chi connectivity index (χ0) is 13.0. The summed E-state index contributed by atoms with van der Waals surface area (Å²) in [6, 6.07) is 0.764. The first-order valence-corrected chi connectivity index (χ1v) is 5.20. The summed E-state index contributed by atoms with van der Waals surface area (Å²) >= 11 is 5.67. The van der Waals surface area contributed by atoms with Crippen molar-refractivity contribution in [2.75, 3.05) is 12.4 Å². The van der Waals surface area contributed by atoms with Crippen LogP contribution in [0.1, 0.15) is 17.3 Å². The molecule has 1 heterocycles. The predicted octanol–water partition coefficient (Wildman–Crippen LogP) is 0.980. The number of carboxylic acid groups (broad SMARTS) is 1. The first kappa shape index (κ1) is 13.2. The van der Waals surface area contributed by atoms with Crippen molar-refractivity contribution in [3.8, 4) is 0 Å². The Hall–Kier alpha value is -1.82. The molecule has 0 fully saturated rings. The predicted molar refractivity (Wildman–Crippen MR) is 63.4 cm³/mol. The Kier molecular flexibility index (Phi) is 4.28. The molecule has 0 aromatic carbocycles. The van der Waals surface area contributed by atoms with E-state index < -0.39 is 12.0 Å². The van der Waals surface area contributed by atoms with Crippen molar-refractivity contribution in [1.82, 2.24) is 10.3 Å². The number of hydrogen-bond acceptors (Lipinski definition) is 4. The minimum Gasteiger partial charge on any atom is -0.478 e. The van der Waals surface area contributed by atoms with Crippen molar-refractivity contribution < 1.29 is 14.7 Å². The number of carboxylic acids is 1. The molecule has 0 aliphatic heterocycles. The molecule has 1 unspecified atom stereocenters. The van der Waals surface area contributed by atoms with Crippen LogP contribution in [0, 0.1) is 0 Å². The lowest BCUT2D eigenvalue weighted by atomic mass is 10.2. The number of hydrogen-bond donors (Lipinski definition) is 3. The van der Waals surface area contributed by atoms with Gasteiger partial charge in [0.2, 0.25) is 5.91 Å². The number of halogens is 1. The van der Waals surface area contributed by atoms with Gasteiger partial charge in [-0.05, 0) is 13.0 Å². The van der Waals surface area contributed by atoms with Crippen molar-refractivity contribution in [2.24, 2.45) is 0 Å². The van der Waals surface area contributed by atoms with Crippen LogP contribution >= 0.6 is 11.6 Å². The highest BCUT2D eigenvalue weighted by molar-refractivity contribution is 6.33. The van der Waals surface area contributed by atoms with E-state index in [-0.39, 0.29) is 22.3 Å². The van der Waals surface area contributed by atoms with Gasteiger partial charge < -0.3 is 15.7 Å². The molecule has 1 aromatic rings. The third-order valence-corrected chi connectivity index (χ3v) is 2.39. The minimum atomic E-state index is -1.15. The zero-order valence-electron chi connectivity index (χ0n) is 9.32. The maximum Gasteiger partial charge on any atom is 0.337 e. The Morgan fingerprint density at radius 3 is 2.71 bits per heavy atom. The van der Waals surface area contributed by atoms with Crippen LogP contribution in [-0.2, 0) is 4.79 Å². The van der Waals surface area contributed by atoms with Gasteiger partial charge in [0.25, 0.3) is 0 Å². The van der Waals surface area contributed by atoms with Crippen molar-refractivity contribution >= 4 is 29.3 Å². The third kappa shape index (κ3) is 3.32. The van der Waals surface area contributed by atoms with Gasteiger partial charge in [-0.3, -0.25) is 4.79 Å². The fourth-order valence-electron chi connectivity index (χ4n) is 1.19. The molecular weight excluding hydrogens is 246 g/mol. The number of amides is 1. The topological polar surface area (TPSA) is 91.3 Å². The van der Waals surface area contributed by atoms with Gasteiger partial charge in [-0.25, -0.2) is 9.78 Å². The Balaban J connectivity index is 2.90. The number of nitrogens with zero attached hydrogens (tertiary/aromatic N) is 1. The van der Waals surface area contributed by atoms with E-state index in [0.29, 0.717) is 0 Å². The van der Waals surface area contributed by atoms with Gasteiger partial charge in [0.1, 0.15) is 11.9 Å². The van der Waals surface area contributed by atoms with Gasteiger partial charge in [-0.2, -0.15) is 0 Å². The molecule has 1 aromatic heterocycles. The van der Waals surface area contributed by atoms with E-state index in [1.807, 2.05) is 0 Å². The molecule has 7 heteroatoms. The van der Waals surface area contributed by atoms with Crippen LogP contribution < -0.4 is 10.6 Å². The summed E-state index contributed by atoms with van der Waals surface area (Å²) in [6.07, 6.45) is 1.23. The van der Waals surface area contributed by atoms with E-state index in [0.717, 1.165) is 0 Å². The molecule has 0 saturated carbocycles. The van der Waals surface area contributed by atoms with E-state index >= 15 is 0 Å². The van der Waals surface area contributed by atoms with E-state index in [1.54, 1.807) is 6.92 Å². The second-order valence-corrected chi connectivity index (χ2v) is 3.74. The monoisotopic (exact) mass is 257 g/mol. The SMILES string of the molecule is CNC(=O)C(C)Nc1cc(C(=O)O)c(Cl)cn1. The van der Waals surface area contributed by atoms with Gasteiger partial charge in [-0.15, -0.1) is 0 Å². The summed E-state index contributed by atoms with van der Waals surface area (Å²) < 4.78 is 0. The summed E-state index contributed by atoms with van der Waals surface area (Å²) in [5.41, 5.74) is -0.0618. The lowest BCUT2D eigenvalue weighted by molar-refractivity contribution is -0.121. The van der Waals surface area contributed by atoms with Crippen LogP contribution in [0.5, 0.6) is 0 Å². The number of nitrogens with one attached hydrogen (secondary N) is 2. The molecule has 1 rings (SSSR count). The van der Waals surface area contributed by atoms with Crippen LogP contribution in [-0.4, -0.2) is 35.1 Å². The number of pyridine rings is 1. The Bertz CT molecular complexity index is 450. The van der Waals surface area contributed by atoms with E-state index in [1.165, 1.54) is 19.3 Å². The summed E-state index contributed by atoms with van der Waals surface area (Å²) in [4.78, 5) is 26.0. The molecule has 1 amide bonds. The fourth-order valence-corrected chi connectivity index (χ4v) is 1.37. The van der Waals surface area contributed by atoms with E-state index in [4.69, 9.17) is 16.7 Å². The summed E-state index contributed by atoms with van der Waals surface area (Å²) in [6.45, 7) is 1.63. The van der Waals surface area contributed by atoms with E-state index in [9.17, 15) is 9.59 Å². The van der Waals surface area contributed by atoms with Crippen molar-refractivity contribution in [1.29, 1.82) is 0 Å². The number of aromatic carboxylic acids is 1. The number of carbonyl (C=O) groups is 2. The standard InChI is InChI=1S/C10H12ClN3O3/c1-5(9(15)12-2)14-8-3-6(10(16)17)7(11)4-13-8/h3-5H,1-2H3,(H,12,15)(H,13,14)(H,16,17). The summed E-state index contributed by atoms with van der Waals surface area (Å²) in [5.74, 6) is -1.09. The molecule has 0 radical (unpaired) electrons. The van der Waals surface area contributed by atoms with Gasteiger partial charge >= 0.3 is 5.97 Å². The van der Waals surface area contributed by atoms with Gasteiger partial charge in [0.15, 0.2) is 0 Å². The van der Waals surface area contributed by atoms with Gasteiger partial charge in [0, 0.05) is 13.2 Å². The largest absolute Gasteiger partial charge is 0.478 e. The molecule has 3 N–H and O–H groups in total. The van der Waals surface area contributed by atoms with Gasteiger partial charge in [-0.1, -0.05) is 11.6 Å². The molecule has 92 valence electrons. The second kappa shape index (κ2) is 5.49. The highest BCUT2D eigenvalue weighted by Gasteiger charge is 2.14. The molecule has 6 nitrogen and oxygen atoms in total. The van der Waals surface area contributed by atoms with Crippen LogP contribution in [0.4, 0.5) is 5.82 Å². The van der Waals surface area contributed by atoms with E-state index in [2.05, 4.69) is 15.6 Å². The number of anilines is 1. The minimum absolute atomic E-state index is 0.0515. The Morgan fingerprint density at radius 2 is 2.18 bits per heavy atom. The average Bonchev–Trinajstić information content (AvgIpc) is 2.30. The van der Waals surface area contributed by atoms with Crippen molar-refractivity contribution in [3.05, 3.63) is 22.8 Å². The lowest BCUT2D eigenvalue weighted by Crippen LogP contribution is -2.35. The normalized spacial score (nSPS) is 11.7. The number of rotatable bonds is 4. The fraction of sp³-hybridized carbons (Fsp3) is 0.300.